The molecular formula is C46H32N2O. The Morgan fingerprint density at radius 2 is 1.20 bits per heavy atom. The molecule has 0 saturated heterocycles. The van der Waals surface area contributed by atoms with Gasteiger partial charge in [-0.15, -0.1) is 0 Å². The van der Waals surface area contributed by atoms with Crippen LogP contribution in [0.15, 0.2) is 168 Å². The van der Waals surface area contributed by atoms with Crippen LogP contribution in [0.4, 0.5) is 17.1 Å². The molecule has 9 aromatic rings. The molecule has 1 aliphatic carbocycles. The summed E-state index contributed by atoms with van der Waals surface area (Å²) in [5.74, 6) is 0. The smallest absolute Gasteiger partial charge is 0.135 e. The van der Waals surface area contributed by atoms with Gasteiger partial charge in [0.2, 0.25) is 0 Å². The third kappa shape index (κ3) is 4.51. The zero-order valence-corrected chi connectivity index (χ0v) is 26.9. The average Bonchev–Trinajstić information content (AvgIpc) is 3.71. The predicted molar refractivity (Wildman–Crippen MR) is 206 cm³/mol. The van der Waals surface area contributed by atoms with E-state index in [0.29, 0.717) is 0 Å². The van der Waals surface area contributed by atoms with Crippen LogP contribution >= 0.6 is 0 Å². The van der Waals surface area contributed by atoms with Gasteiger partial charge in [-0.25, -0.2) is 0 Å². The van der Waals surface area contributed by atoms with Gasteiger partial charge in [0.25, 0.3) is 0 Å². The Morgan fingerprint density at radius 1 is 0.531 bits per heavy atom. The SMILES string of the molecule is C1=Cc2c(c3ccccc3n2-c2ccc(N(c3ccc(-c4cccc5ccccc45)cc3)c3ccc4oc5ccccc5c4c3)cc2)CC1. The largest absolute Gasteiger partial charge is 0.456 e. The highest BCUT2D eigenvalue weighted by molar-refractivity contribution is 6.06. The van der Waals surface area contributed by atoms with Gasteiger partial charge in [0, 0.05) is 44.6 Å². The van der Waals surface area contributed by atoms with E-state index in [2.05, 4.69) is 167 Å². The van der Waals surface area contributed by atoms with Gasteiger partial charge in [0.1, 0.15) is 11.2 Å². The number of allylic oxidation sites excluding steroid dienone is 1. The lowest BCUT2D eigenvalue weighted by Crippen LogP contribution is -2.10. The highest BCUT2D eigenvalue weighted by Crippen LogP contribution is 2.41. The van der Waals surface area contributed by atoms with Gasteiger partial charge in [-0.3, -0.25) is 0 Å². The molecule has 0 radical (unpaired) electrons. The molecule has 2 heterocycles. The van der Waals surface area contributed by atoms with Crippen molar-refractivity contribution in [2.45, 2.75) is 12.8 Å². The lowest BCUT2D eigenvalue weighted by molar-refractivity contribution is 0.669. The molecule has 1 aliphatic rings. The molecule has 232 valence electrons. The molecule has 0 atom stereocenters. The molecule has 0 N–H and O–H groups in total. The second-order valence-electron chi connectivity index (χ2n) is 12.9. The Hall–Kier alpha value is -6.32. The molecule has 0 aliphatic heterocycles. The Balaban J connectivity index is 1.11. The summed E-state index contributed by atoms with van der Waals surface area (Å²) in [6, 6.07) is 56.7. The van der Waals surface area contributed by atoms with Gasteiger partial charge >= 0.3 is 0 Å². The molecule has 3 nitrogen and oxygen atoms in total. The zero-order valence-electron chi connectivity index (χ0n) is 26.9. The lowest BCUT2D eigenvalue weighted by atomic mass is 9.98. The minimum Gasteiger partial charge on any atom is -0.456 e. The molecule has 49 heavy (non-hydrogen) atoms. The van der Waals surface area contributed by atoms with Crippen LogP contribution in [0.2, 0.25) is 0 Å². The van der Waals surface area contributed by atoms with E-state index in [1.165, 1.54) is 44.1 Å². The first-order valence-electron chi connectivity index (χ1n) is 17.0. The maximum atomic E-state index is 6.21. The summed E-state index contributed by atoms with van der Waals surface area (Å²) in [4.78, 5) is 2.35. The van der Waals surface area contributed by atoms with Gasteiger partial charge in [-0.2, -0.15) is 0 Å². The van der Waals surface area contributed by atoms with E-state index < -0.39 is 0 Å². The molecule has 3 heteroatoms. The van der Waals surface area contributed by atoms with E-state index in [-0.39, 0.29) is 0 Å². The Bertz CT molecular complexity index is 2700. The number of furan rings is 1. The maximum absolute atomic E-state index is 6.21. The van der Waals surface area contributed by atoms with E-state index in [9.17, 15) is 0 Å². The van der Waals surface area contributed by atoms with E-state index in [1.54, 1.807) is 0 Å². The topological polar surface area (TPSA) is 21.3 Å². The number of nitrogens with zero attached hydrogens (tertiary/aromatic N) is 2. The van der Waals surface area contributed by atoms with Gasteiger partial charge in [0.05, 0.1) is 5.52 Å². The van der Waals surface area contributed by atoms with Gasteiger partial charge < -0.3 is 13.9 Å². The van der Waals surface area contributed by atoms with Gasteiger partial charge in [-0.05, 0) is 113 Å². The molecular weight excluding hydrogens is 597 g/mol. The Morgan fingerprint density at radius 3 is 2.06 bits per heavy atom. The minimum absolute atomic E-state index is 0.892. The molecule has 0 amide bonds. The summed E-state index contributed by atoms with van der Waals surface area (Å²) >= 11 is 0. The van der Waals surface area contributed by atoms with E-state index in [4.69, 9.17) is 4.42 Å². The average molecular weight is 629 g/mol. The fourth-order valence-corrected chi connectivity index (χ4v) is 7.78. The van der Waals surface area contributed by atoms with Crippen LogP contribution < -0.4 is 4.90 Å². The second-order valence-corrected chi connectivity index (χ2v) is 12.9. The number of benzene rings is 7. The number of hydrogen-bond acceptors (Lipinski definition) is 2. The van der Waals surface area contributed by atoms with Crippen molar-refractivity contribution in [3.05, 3.63) is 175 Å². The Labute approximate surface area is 284 Å². The normalized spacial score (nSPS) is 12.7. The number of para-hydroxylation sites is 2. The predicted octanol–water partition coefficient (Wildman–Crippen LogP) is 12.8. The summed E-state index contributed by atoms with van der Waals surface area (Å²) in [5.41, 5.74) is 12.6. The molecule has 7 aromatic carbocycles. The van der Waals surface area contributed by atoms with Crippen molar-refractivity contribution in [2.75, 3.05) is 4.90 Å². The van der Waals surface area contributed by atoms with Crippen LogP contribution in [-0.4, -0.2) is 4.57 Å². The summed E-state index contributed by atoms with van der Waals surface area (Å²) < 4.78 is 8.62. The standard InChI is InChI=1S/C46H32N2O/c1-2-12-37-31(10-1)11-9-16-38(37)32-20-22-33(23-21-32)47(36-28-29-46-42(30-36)41-15-5-8-19-45(41)49-46)34-24-26-35(27-25-34)48-43-17-6-3-13-39(43)40-14-4-7-18-44(40)48/h1-3,5-13,15-30H,4,14H2. The van der Waals surface area contributed by atoms with Crippen molar-refractivity contribution in [3.8, 4) is 16.8 Å². The second kappa shape index (κ2) is 11.1. The number of hydrogen-bond donors (Lipinski definition) is 0. The van der Waals surface area contributed by atoms with Crippen molar-refractivity contribution in [2.24, 2.45) is 0 Å². The Kier molecular flexibility index (Phi) is 6.31. The van der Waals surface area contributed by atoms with E-state index in [1.807, 2.05) is 12.1 Å². The van der Waals surface area contributed by atoms with Crippen LogP contribution in [-0.2, 0) is 6.42 Å². The molecule has 0 bridgehead atoms. The summed E-state index contributed by atoms with van der Waals surface area (Å²) in [6.45, 7) is 0. The van der Waals surface area contributed by atoms with Gasteiger partial charge in [-0.1, -0.05) is 97.1 Å². The van der Waals surface area contributed by atoms with Crippen molar-refractivity contribution in [3.63, 3.8) is 0 Å². The van der Waals surface area contributed by atoms with E-state index >= 15 is 0 Å². The number of rotatable bonds is 5. The van der Waals surface area contributed by atoms with Gasteiger partial charge in [0.15, 0.2) is 0 Å². The van der Waals surface area contributed by atoms with Crippen LogP contribution in [0.25, 0.3) is 66.5 Å². The number of fused-ring (bicyclic) bond motifs is 7. The lowest BCUT2D eigenvalue weighted by Gasteiger charge is -2.26. The molecule has 0 saturated carbocycles. The maximum Gasteiger partial charge on any atom is 0.135 e. The summed E-state index contributed by atoms with van der Waals surface area (Å²) in [7, 11) is 0. The van der Waals surface area contributed by atoms with Crippen LogP contribution in [0.1, 0.15) is 17.7 Å². The number of aromatic nitrogens is 1. The molecule has 0 spiro atoms. The third-order valence-electron chi connectivity index (χ3n) is 10.1. The van der Waals surface area contributed by atoms with E-state index in [0.717, 1.165) is 57.5 Å². The van der Waals surface area contributed by atoms with Crippen molar-refractivity contribution >= 4 is 66.8 Å². The van der Waals surface area contributed by atoms with Crippen molar-refractivity contribution in [1.29, 1.82) is 0 Å². The van der Waals surface area contributed by atoms with Crippen LogP contribution in [0.3, 0.4) is 0 Å². The fourth-order valence-electron chi connectivity index (χ4n) is 7.78. The first kappa shape index (κ1) is 27.8. The van der Waals surface area contributed by atoms with Crippen molar-refractivity contribution in [1.82, 2.24) is 4.57 Å². The quantitative estimate of drug-likeness (QED) is 0.189. The molecule has 2 aromatic heterocycles. The first-order chi connectivity index (χ1) is 24.3. The third-order valence-corrected chi connectivity index (χ3v) is 10.1. The van der Waals surface area contributed by atoms with Crippen LogP contribution in [0, 0.1) is 0 Å². The summed E-state index contributed by atoms with van der Waals surface area (Å²) in [5, 5.41) is 6.09. The zero-order chi connectivity index (χ0) is 32.3. The highest BCUT2D eigenvalue weighted by atomic mass is 16.3. The summed E-state index contributed by atoms with van der Waals surface area (Å²) in [6.07, 6.45) is 6.75. The molecule has 10 rings (SSSR count). The molecule has 0 fully saturated rings. The van der Waals surface area contributed by atoms with Crippen LogP contribution in [0.5, 0.6) is 0 Å². The minimum atomic E-state index is 0.892. The molecule has 0 unspecified atom stereocenters. The first-order valence-corrected chi connectivity index (χ1v) is 17.0. The van der Waals surface area contributed by atoms with Crippen molar-refractivity contribution < 1.29 is 4.42 Å². The number of aryl methyl sites for hydroxylation is 1. The fraction of sp³-hybridized carbons (Fsp3) is 0.0435. The highest BCUT2D eigenvalue weighted by Gasteiger charge is 2.20. The monoisotopic (exact) mass is 628 g/mol. The number of anilines is 3.